The van der Waals surface area contributed by atoms with Crippen molar-refractivity contribution in [3.05, 3.63) is 85.5 Å². The molecule has 2 aromatic carbocycles. The van der Waals surface area contributed by atoms with Crippen LogP contribution in [0.3, 0.4) is 0 Å². The summed E-state index contributed by atoms with van der Waals surface area (Å²) in [7, 11) is 0.181. The van der Waals surface area contributed by atoms with Crippen LogP contribution in [0.4, 0.5) is 5.69 Å². The molecule has 5 aromatic rings. The van der Waals surface area contributed by atoms with E-state index in [4.69, 9.17) is 0 Å². The Bertz CT molecular complexity index is 1490. The molecule has 0 radical (unpaired) electrons. The third kappa shape index (κ3) is 3.34. The van der Waals surface area contributed by atoms with Crippen molar-refractivity contribution < 1.29 is 8.42 Å². The monoisotopic (exact) mass is 443 g/mol. The predicted octanol–water partition coefficient (Wildman–Crippen LogP) is 4.40. The first-order valence-electron chi connectivity index (χ1n) is 10.0. The van der Waals surface area contributed by atoms with Gasteiger partial charge in [-0.05, 0) is 35.9 Å². The molecule has 8 heteroatoms. The molecule has 7 nitrogen and oxygen atoms in total. The van der Waals surface area contributed by atoms with Gasteiger partial charge in [-0.2, -0.15) is 5.10 Å². The van der Waals surface area contributed by atoms with Gasteiger partial charge in [0.05, 0.1) is 11.1 Å². The Morgan fingerprint density at radius 2 is 1.66 bits per heavy atom. The lowest BCUT2D eigenvalue weighted by molar-refractivity contribution is 0.589. The Morgan fingerprint density at radius 3 is 2.31 bits per heavy atom. The van der Waals surface area contributed by atoms with Crippen molar-refractivity contribution in [1.29, 1.82) is 0 Å². The smallest absolute Gasteiger partial charge is 0.269 e. The number of hydrogen-bond donors (Lipinski definition) is 1. The van der Waals surface area contributed by atoms with Crippen molar-refractivity contribution in [2.24, 2.45) is 0 Å². The second-order valence-corrected chi connectivity index (χ2v) is 9.50. The molecule has 0 bridgehead atoms. The summed E-state index contributed by atoms with van der Waals surface area (Å²) in [6.45, 7) is 0. The van der Waals surface area contributed by atoms with Gasteiger partial charge in [-0.25, -0.2) is 17.4 Å². The van der Waals surface area contributed by atoms with Crippen molar-refractivity contribution in [3.8, 4) is 22.3 Å². The van der Waals surface area contributed by atoms with Gasteiger partial charge in [-0.15, -0.1) is 0 Å². The summed E-state index contributed by atoms with van der Waals surface area (Å²) in [6.07, 6.45) is 6.74. The Labute approximate surface area is 186 Å². The van der Waals surface area contributed by atoms with Gasteiger partial charge in [0, 0.05) is 60.4 Å². The van der Waals surface area contributed by atoms with Crippen LogP contribution in [0.1, 0.15) is 0 Å². The van der Waals surface area contributed by atoms with Crippen LogP contribution in [0.2, 0.25) is 0 Å². The summed E-state index contributed by atoms with van der Waals surface area (Å²) in [6, 6.07) is 18.5. The molecular weight excluding hydrogens is 422 g/mol. The maximum Gasteiger partial charge on any atom is 0.269 e. The molecule has 0 spiro atoms. The van der Waals surface area contributed by atoms with Gasteiger partial charge in [0.1, 0.15) is 0 Å². The third-order valence-corrected chi connectivity index (χ3v) is 7.10. The Hall–Kier alpha value is -3.91. The average molecular weight is 444 g/mol. The standard InChI is InChI=1S/C24H21N5O2S/c1-28(2)20-10-8-17(9-11-20)18-12-22-23(19-14-26-27-15-19)16-29(24(22)25-13-18)32(30,31)21-6-4-3-5-7-21/h3-16H,1-2H3,(H,26,27). The molecule has 0 aliphatic heterocycles. The number of nitrogens with one attached hydrogen (secondary N) is 1. The van der Waals surface area contributed by atoms with E-state index in [9.17, 15) is 8.42 Å². The van der Waals surface area contributed by atoms with E-state index < -0.39 is 10.0 Å². The van der Waals surface area contributed by atoms with E-state index in [1.165, 1.54) is 3.97 Å². The summed E-state index contributed by atoms with van der Waals surface area (Å²) >= 11 is 0. The fraction of sp³-hybridized carbons (Fsp3) is 0.0833. The molecule has 0 aliphatic rings. The van der Waals surface area contributed by atoms with E-state index in [0.29, 0.717) is 5.65 Å². The number of anilines is 1. The number of hydrogen-bond acceptors (Lipinski definition) is 5. The molecule has 0 fully saturated rings. The number of nitrogens with zero attached hydrogens (tertiary/aromatic N) is 4. The SMILES string of the molecule is CN(C)c1ccc(-c2cnc3c(c2)c(-c2cn[nH]c2)cn3S(=O)(=O)c2ccccc2)cc1. The quantitative estimate of drug-likeness (QED) is 0.435. The fourth-order valence-electron chi connectivity index (χ4n) is 3.71. The number of rotatable bonds is 5. The zero-order valence-electron chi connectivity index (χ0n) is 17.6. The van der Waals surface area contributed by atoms with Gasteiger partial charge in [-0.1, -0.05) is 30.3 Å². The highest BCUT2D eigenvalue weighted by Gasteiger charge is 2.23. The van der Waals surface area contributed by atoms with Crippen LogP contribution in [0.25, 0.3) is 33.3 Å². The highest BCUT2D eigenvalue weighted by molar-refractivity contribution is 7.90. The number of aromatic amines is 1. The van der Waals surface area contributed by atoms with E-state index in [-0.39, 0.29) is 4.90 Å². The van der Waals surface area contributed by atoms with E-state index in [0.717, 1.165) is 33.3 Å². The molecule has 0 aliphatic carbocycles. The lowest BCUT2D eigenvalue weighted by Crippen LogP contribution is -2.12. The summed E-state index contributed by atoms with van der Waals surface area (Å²) in [5, 5.41) is 7.57. The van der Waals surface area contributed by atoms with Gasteiger partial charge < -0.3 is 4.90 Å². The number of aromatic nitrogens is 4. The lowest BCUT2D eigenvalue weighted by atomic mass is 10.0. The number of fused-ring (bicyclic) bond motifs is 1. The van der Waals surface area contributed by atoms with Gasteiger partial charge in [0.2, 0.25) is 0 Å². The van der Waals surface area contributed by atoms with Crippen LogP contribution < -0.4 is 4.90 Å². The second-order valence-electron chi connectivity index (χ2n) is 7.68. The molecule has 32 heavy (non-hydrogen) atoms. The van der Waals surface area contributed by atoms with Crippen molar-refractivity contribution in [2.75, 3.05) is 19.0 Å². The highest BCUT2D eigenvalue weighted by Crippen LogP contribution is 2.34. The molecule has 0 unspecified atom stereocenters. The maximum atomic E-state index is 13.4. The van der Waals surface area contributed by atoms with Gasteiger partial charge in [-0.3, -0.25) is 5.10 Å². The van der Waals surface area contributed by atoms with Crippen LogP contribution in [-0.2, 0) is 10.0 Å². The number of benzene rings is 2. The molecule has 0 amide bonds. The number of H-pyrrole nitrogens is 1. The Morgan fingerprint density at radius 1 is 0.906 bits per heavy atom. The molecule has 0 atom stereocenters. The zero-order valence-corrected chi connectivity index (χ0v) is 18.4. The molecule has 0 saturated carbocycles. The maximum absolute atomic E-state index is 13.4. The zero-order chi connectivity index (χ0) is 22.3. The van der Waals surface area contributed by atoms with Crippen LogP contribution >= 0.6 is 0 Å². The first kappa shape index (κ1) is 20.0. The Balaban J connectivity index is 1.71. The summed E-state index contributed by atoms with van der Waals surface area (Å²) in [5.74, 6) is 0. The molecule has 3 aromatic heterocycles. The largest absolute Gasteiger partial charge is 0.378 e. The van der Waals surface area contributed by atoms with Gasteiger partial charge >= 0.3 is 0 Å². The predicted molar refractivity (Wildman–Crippen MR) is 126 cm³/mol. The number of pyridine rings is 1. The molecular formula is C24H21N5O2S. The minimum atomic E-state index is -3.81. The van der Waals surface area contributed by atoms with Crippen molar-refractivity contribution in [3.63, 3.8) is 0 Å². The molecule has 1 N–H and O–H groups in total. The van der Waals surface area contributed by atoms with Crippen molar-refractivity contribution in [2.45, 2.75) is 4.90 Å². The normalized spacial score (nSPS) is 11.7. The minimum absolute atomic E-state index is 0.209. The molecule has 5 rings (SSSR count). The summed E-state index contributed by atoms with van der Waals surface area (Å²) in [4.78, 5) is 6.83. The highest BCUT2D eigenvalue weighted by atomic mass is 32.2. The van der Waals surface area contributed by atoms with E-state index in [1.807, 2.05) is 49.3 Å². The minimum Gasteiger partial charge on any atom is -0.378 e. The van der Waals surface area contributed by atoms with Crippen LogP contribution in [0.15, 0.2) is 90.3 Å². The van der Waals surface area contributed by atoms with Gasteiger partial charge in [0.15, 0.2) is 5.65 Å². The van der Waals surface area contributed by atoms with E-state index in [2.05, 4.69) is 15.2 Å². The first-order chi connectivity index (χ1) is 15.4. The van der Waals surface area contributed by atoms with Crippen LogP contribution in [0.5, 0.6) is 0 Å². The van der Waals surface area contributed by atoms with E-state index in [1.54, 1.807) is 55.1 Å². The summed E-state index contributed by atoms with van der Waals surface area (Å²) < 4.78 is 28.0. The molecule has 3 heterocycles. The lowest BCUT2D eigenvalue weighted by Gasteiger charge is -2.12. The Kier molecular flexibility index (Phi) is 4.79. The van der Waals surface area contributed by atoms with Crippen molar-refractivity contribution >= 4 is 26.7 Å². The summed E-state index contributed by atoms with van der Waals surface area (Å²) in [5.41, 5.74) is 4.91. The third-order valence-electron chi connectivity index (χ3n) is 5.44. The van der Waals surface area contributed by atoms with Crippen molar-refractivity contribution in [1.82, 2.24) is 19.2 Å². The van der Waals surface area contributed by atoms with Crippen LogP contribution in [0, 0.1) is 0 Å². The van der Waals surface area contributed by atoms with Gasteiger partial charge in [0.25, 0.3) is 10.0 Å². The topological polar surface area (TPSA) is 83.9 Å². The average Bonchev–Trinajstić information content (AvgIpc) is 3.47. The fourth-order valence-corrected chi connectivity index (χ4v) is 5.05. The van der Waals surface area contributed by atoms with Crippen LogP contribution in [-0.4, -0.2) is 41.7 Å². The van der Waals surface area contributed by atoms with E-state index >= 15 is 0 Å². The second kappa shape index (κ2) is 7.65. The molecule has 160 valence electrons. The molecule has 0 saturated heterocycles. The first-order valence-corrected chi connectivity index (χ1v) is 11.5.